The van der Waals surface area contributed by atoms with Gasteiger partial charge in [0.05, 0.1) is 0 Å². The molecule has 2 nitrogen and oxygen atoms in total. The second-order valence-corrected chi connectivity index (χ2v) is 2.76. The van der Waals surface area contributed by atoms with Crippen molar-refractivity contribution in [1.82, 2.24) is 0 Å². The standard InChI is InChI=1S/C8H8FNOS.Na/c1-5(11)10-7-4-6(9)2-3-8(7)12;/h2-4,12H,1H3,(H,10,11);/q;+1/p-1. The molecule has 64 valence electrons. The number of nitrogens with one attached hydrogen (secondary N) is 1. The van der Waals surface area contributed by atoms with E-state index in [1.165, 1.54) is 25.1 Å². The summed E-state index contributed by atoms with van der Waals surface area (Å²) in [6.07, 6.45) is 0. The van der Waals surface area contributed by atoms with Crippen LogP contribution in [0.25, 0.3) is 0 Å². The van der Waals surface area contributed by atoms with E-state index in [0.717, 1.165) is 0 Å². The van der Waals surface area contributed by atoms with Gasteiger partial charge in [-0.05, 0) is 12.1 Å². The van der Waals surface area contributed by atoms with Crippen molar-refractivity contribution in [3.8, 4) is 0 Å². The topological polar surface area (TPSA) is 29.1 Å². The Labute approximate surface area is 104 Å². The summed E-state index contributed by atoms with van der Waals surface area (Å²) in [5.74, 6) is -0.668. The molecular weight excluding hydrogens is 200 g/mol. The summed E-state index contributed by atoms with van der Waals surface area (Å²) < 4.78 is 12.6. The molecule has 1 amide bonds. The maximum absolute atomic E-state index is 12.6. The number of anilines is 1. The Morgan fingerprint density at radius 2 is 2.15 bits per heavy atom. The van der Waals surface area contributed by atoms with Crippen molar-refractivity contribution >= 4 is 24.2 Å². The van der Waals surface area contributed by atoms with Crippen LogP contribution in [0.5, 0.6) is 0 Å². The number of carbonyl (C=O) groups excluding carboxylic acids is 1. The summed E-state index contributed by atoms with van der Waals surface area (Å²) in [7, 11) is 0. The summed E-state index contributed by atoms with van der Waals surface area (Å²) >= 11 is 4.85. The van der Waals surface area contributed by atoms with E-state index in [1.54, 1.807) is 0 Å². The molecule has 5 heteroatoms. The number of halogens is 1. The summed E-state index contributed by atoms with van der Waals surface area (Å²) in [5, 5.41) is 2.43. The summed E-state index contributed by atoms with van der Waals surface area (Å²) in [5.41, 5.74) is 0.345. The predicted octanol–water partition coefficient (Wildman–Crippen LogP) is -1.31. The maximum atomic E-state index is 12.6. The van der Waals surface area contributed by atoms with Crippen molar-refractivity contribution in [3.63, 3.8) is 0 Å². The largest absolute Gasteiger partial charge is 1.00 e. The predicted molar refractivity (Wildman–Crippen MR) is 46.3 cm³/mol. The van der Waals surface area contributed by atoms with E-state index in [2.05, 4.69) is 5.32 Å². The zero-order chi connectivity index (χ0) is 9.14. The zero-order valence-electron chi connectivity index (χ0n) is 7.43. The van der Waals surface area contributed by atoms with Gasteiger partial charge in [-0.3, -0.25) is 4.79 Å². The number of benzene rings is 1. The second-order valence-electron chi connectivity index (χ2n) is 2.32. The van der Waals surface area contributed by atoms with Crippen molar-refractivity contribution in [2.75, 3.05) is 5.32 Å². The first-order valence-electron chi connectivity index (χ1n) is 3.34. The van der Waals surface area contributed by atoms with Crippen LogP contribution in [0.15, 0.2) is 23.1 Å². The Morgan fingerprint density at radius 3 is 2.69 bits per heavy atom. The molecule has 0 unspecified atom stereocenters. The maximum Gasteiger partial charge on any atom is 1.00 e. The van der Waals surface area contributed by atoms with Gasteiger partial charge in [0, 0.05) is 12.6 Å². The van der Waals surface area contributed by atoms with E-state index in [4.69, 9.17) is 12.6 Å². The monoisotopic (exact) mass is 207 g/mol. The van der Waals surface area contributed by atoms with Gasteiger partial charge in [0.15, 0.2) is 0 Å². The van der Waals surface area contributed by atoms with Crippen LogP contribution in [0.2, 0.25) is 0 Å². The van der Waals surface area contributed by atoms with Crippen LogP contribution < -0.4 is 34.9 Å². The SMILES string of the molecule is CC(=O)Nc1cc(F)ccc1[S-].[Na+]. The Balaban J connectivity index is 0.00000144. The molecule has 0 aliphatic heterocycles. The molecule has 0 radical (unpaired) electrons. The molecular formula is C8H7FNNaOS. The minimum atomic E-state index is -0.410. The van der Waals surface area contributed by atoms with Gasteiger partial charge in [0.25, 0.3) is 0 Å². The number of amides is 1. The minimum absolute atomic E-state index is 0. The van der Waals surface area contributed by atoms with Crippen molar-refractivity contribution in [3.05, 3.63) is 24.0 Å². The fraction of sp³-hybridized carbons (Fsp3) is 0.125. The fourth-order valence-electron chi connectivity index (χ4n) is 0.790. The Hall–Kier alpha value is -0.160. The summed E-state index contributed by atoms with van der Waals surface area (Å²) in [6, 6.07) is 3.90. The van der Waals surface area contributed by atoms with E-state index in [0.29, 0.717) is 10.6 Å². The minimum Gasteiger partial charge on any atom is -0.778 e. The molecule has 0 spiro atoms. The number of hydrogen-bond donors (Lipinski definition) is 1. The first-order chi connectivity index (χ1) is 5.59. The van der Waals surface area contributed by atoms with Crippen molar-refractivity contribution in [2.45, 2.75) is 11.8 Å². The van der Waals surface area contributed by atoms with Crippen LogP contribution in [-0.4, -0.2) is 5.91 Å². The van der Waals surface area contributed by atoms with E-state index >= 15 is 0 Å². The molecule has 0 aliphatic rings. The van der Waals surface area contributed by atoms with E-state index in [1.807, 2.05) is 0 Å². The van der Waals surface area contributed by atoms with Crippen LogP contribution in [0.4, 0.5) is 10.1 Å². The van der Waals surface area contributed by atoms with Crippen LogP contribution in [-0.2, 0) is 17.4 Å². The molecule has 0 bridgehead atoms. The first-order valence-corrected chi connectivity index (χ1v) is 3.74. The fourth-order valence-corrected chi connectivity index (χ4v) is 0.968. The number of hydrogen-bond acceptors (Lipinski definition) is 2. The molecule has 0 aliphatic carbocycles. The number of carbonyl (C=O) groups is 1. The molecule has 0 saturated heterocycles. The van der Waals surface area contributed by atoms with Crippen LogP contribution in [0.1, 0.15) is 6.92 Å². The van der Waals surface area contributed by atoms with Gasteiger partial charge in [-0.1, -0.05) is 6.07 Å². The summed E-state index contributed by atoms with van der Waals surface area (Å²) in [4.78, 5) is 11.0. The molecule has 1 aromatic carbocycles. The van der Waals surface area contributed by atoms with Gasteiger partial charge in [0.1, 0.15) is 5.82 Å². The zero-order valence-corrected chi connectivity index (χ0v) is 10.2. The van der Waals surface area contributed by atoms with E-state index in [-0.39, 0.29) is 35.5 Å². The third-order valence-electron chi connectivity index (χ3n) is 1.25. The molecule has 13 heavy (non-hydrogen) atoms. The third kappa shape index (κ3) is 4.04. The molecule has 1 rings (SSSR count). The van der Waals surface area contributed by atoms with Gasteiger partial charge in [-0.25, -0.2) is 4.39 Å². The van der Waals surface area contributed by atoms with Gasteiger partial charge in [-0.2, -0.15) is 4.90 Å². The van der Waals surface area contributed by atoms with Crippen molar-refractivity contribution in [2.24, 2.45) is 0 Å². The van der Waals surface area contributed by atoms with Crippen LogP contribution in [0.3, 0.4) is 0 Å². The molecule has 0 saturated carbocycles. The summed E-state index contributed by atoms with van der Waals surface area (Å²) in [6.45, 7) is 1.35. The Bertz CT molecular complexity index is 319. The van der Waals surface area contributed by atoms with Gasteiger partial charge in [-0.15, -0.1) is 0 Å². The Kier molecular flexibility index (Phi) is 5.48. The molecule has 0 aromatic heterocycles. The smallest absolute Gasteiger partial charge is 0.778 e. The molecule has 0 atom stereocenters. The van der Waals surface area contributed by atoms with Crippen molar-refractivity contribution in [1.29, 1.82) is 0 Å². The van der Waals surface area contributed by atoms with Crippen LogP contribution in [0, 0.1) is 5.82 Å². The van der Waals surface area contributed by atoms with Gasteiger partial charge >= 0.3 is 29.6 Å². The van der Waals surface area contributed by atoms with E-state index in [9.17, 15) is 9.18 Å². The second kappa shape index (κ2) is 5.54. The molecule has 1 N–H and O–H groups in total. The van der Waals surface area contributed by atoms with Gasteiger partial charge in [0.2, 0.25) is 5.91 Å². The molecule has 1 aromatic rings. The molecule has 0 fully saturated rings. The van der Waals surface area contributed by atoms with Crippen molar-refractivity contribution < 1.29 is 38.7 Å². The average molecular weight is 207 g/mol. The molecule has 0 heterocycles. The quantitative estimate of drug-likeness (QED) is 0.458. The number of rotatable bonds is 1. The van der Waals surface area contributed by atoms with Crippen LogP contribution >= 0.6 is 0 Å². The van der Waals surface area contributed by atoms with Gasteiger partial charge < -0.3 is 17.9 Å². The average Bonchev–Trinajstić information content (AvgIpc) is 1.96. The normalized spacial score (nSPS) is 8.77. The Morgan fingerprint density at radius 1 is 1.54 bits per heavy atom. The van der Waals surface area contributed by atoms with E-state index < -0.39 is 5.82 Å². The third-order valence-corrected chi connectivity index (χ3v) is 1.61. The first kappa shape index (κ1) is 12.8.